The molecule has 5 unspecified atom stereocenters. The van der Waals surface area contributed by atoms with Gasteiger partial charge in [-0.05, 0) is 79.9 Å². The number of aldehydes is 1. The van der Waals surface area contributed by atoms with Crippen molar-refractivity contribution in [3.05, 3.63) is 49.9 Å². The number of nitrogens with one attached hydrogen (secondary N) is 2. The van der Waals surface area contributed by atoms with Gasteiger partial charge in [-0.3, -0.25) is 14.4 Å². The summed E-state index contributed by atoms with van der Waals surface area (Å²) in [7, 11) is 3.29. The van der Waals surface area contributed by atoms with Gasteiger partial charge in [0.1, 0.15) is 44.5 Å². The number of halogens is 2. The average molecular weight is 1340 g/mol. The summed E-state index contributed by atoms with van der Waals surface area (Å²) in [6.45, 7) is 29.0. The first kappa shape index (κ1) is 79.2. The first-order chi connectivity index (χ1) is 43.9. The largest absolute Gasteiger partial charge is 0.494 e. The number of esters is 1. The SMILES string of the molecule is CCCCC(CC)CN(CC(CC)CCCC)c1cc(NC(C)=O)c(N=Nc2nc(Cl)c(C=O)s2)cc1OC.CCCCC(CC)COC(=O)/C(C#N)=C/c1sc(N=Nc2cc(OC)c(N(CC(CC)CCCC)CC(CC)CCCC)cc2NC(C)=O)nc1Cl. The number of nitriles is 1. The van der Waals surface area contributed by atoms with E-state index in [1.165, 1.54) is 71.3 Å². The van der Waals surface area contributed by atoms with E-state index in [-0.39, 0.29) is 50.5 Å². The molecule has 22 heteroatoms. The van der Waals surface area contributed by atoms with Crippen LogP contribution in [0.4, 0.5) is 44.4 Å². The fourth-order valence-corrected chi connectivity index (χ4v) is 12.5. The number of ether oxygens (including phenoxy) is 3. The molecule has 5 atom stereocenters. The molecule has 4 rings (SSSR count). The summed E-state index contributed by atoms with van der Waals surface area (Å²) in [5, 5.41) is 33.6. The number of carbonyl (C=O) groups excluding carboxylic acids is 4. The van der Waals surface area contributed by atoms with Crippen LogP contribution in [-0.2, 0) is 19.1 Å². The molecule has 0 saturated carbocycles. The Kier molecular flexibility index (Phi) is 38.8. The second-order valence-electron chi connectivity index (χ2n) is 23.4. The number of methoxy groups -OCH3 is 2. The maximum absolute atomic E-state index is 12.7. The van der Waals surface area contributed by atoms with Gasteiger partial charge in [-0.2, -0.15) is 5.26 Å². The van der Waals surface area contributed by atoms with Crippen molar-refractivity contribution in [3.63, 3.8) is 0 Å². The zero-order chi connectivity index (χ0) is 67.3. The van der Waals surface area contributed by atoms with Gasteiger partial charge in [-0.15, -0.1) is 20.5 Å². The number of carbonyl (C=O) groups is 4. The number of anilines is 4. The third-order valence-corrected chi connectivity index (χ3v) is 18.9. The molecule has 0 bridgehead atoms. The number of rotatable bonds is 43. The Morgan fingerprint density at radius 3 is 1.23 bits per heavy atom. The van der Waals surface area contributed by atoms with Crippen LogP contribution < -0.4 is 29.9 Å². The van der Waals surface area contributed by atoms with E-state index >= 15 is 0 Å². The summed E-state index contributed by atoms with van der Waals surface area (Å²) in [4.78, 5) is 62.4. The van der Waals surface area contributed by atoms with E-state index in [2.05, 4.69) is 120 Å². The second kappa shape index (κ2) is 44.5. The van der Waals surface area contributed by atoms with Gasteiger partial charge in [0.05, 0.1) is 48.5 Å². The quantitative estimate of drug-likeness (QED) is 0.0139. The Hall–Kier alpha value is -6.01. The summed E-state index contributed by atoms with van der Waals surface area (Å²) in [5.74, 6) is 2.58. The van der Waals surface area contributed by atoms with Crippen LogP contribution in [0.3, 0.4) is 0 Å². The molecule has 0 spiro atoms. The van der Waals surface area contributed by atoms with E-state index in [4.69, 9.17) is 37.4 Å². The zero-order valence-electron chi connectivity index (χ0n) is 57.0. The van der Waals surface area contributed by atoms with Crippen molar-refractivity contribution in [2.45, 2.75) is 212 Å². The van der Waals surface area contributed by atoms with E-state index in [9.17, 15) is 24.4 Å². The highest BCUT2D eigenvalue weighted by atomic mass is 35.5. The van der Waals surface area contributed by atoms with Gasteiger partial charge < -0.3 is 34.6 Å². The lowest BCUT2D eigenvalue weighted by Crippen LogP contribution is -2.34. The molecule has 0 saturated heterocycles. The van der Waals surface area contributed by atoms with E-state index in [1.54, 1.807) is 26.4 Å². The van der Waals surface area contributed by atoms with E-state index in [0.29, 0.717) is 74.0 Å². The number of azo groups is 2. The summed E-state index contributed by atoms with van der Waals surface area (Å²) in [6, 6.07) is 9.40. The van der Waals surface area contributed by atoms with Gasteiger partial charge in [0.2, 0.25) is 22.1 Å². The van der Waals surface area contributed by atoms with Crippen molar-refractivity contribution in [3.8, 4) is 17.6 Å². The minimum atomic E-state index is -0.697. The Morgan fingerprint density at radius 1 is 0.571 bits per heavy atom. The van der Waals surface area contributed by atoms with Crippen LogP contribution >= 0.6 is 45.9 Å². The second-order valence-corrected chi connectivity index (χ2v) is 26.2. The third-order valence-electron chi connectivity index (χ3n) is 16.4. The molecule has 0 aliphatic rings. The summed E-state index contributed by atoms with van der Waals surface area (Å²) in [5.41, 5.74) is 3.54. The monoisotopic (exact) mass is 1330 g/mol. The zero-order valence-corrected chi connectivity index (χ0v) is 60.1. The fourth-order valence-electron chi connectivity index (χ4n) is 10.6. The number of hydrogen-bond donors (Lipinski definition) is 2. The normalized spacial score (nSPS) is 13.2. The molecule has 91 heavy (non-hydrogen) atoms. The summed E-state index contributed by atoms with van der Waals surface area (Å²) in [6.07, 6.45) is 24.5. The Bertz CT molecular complexity index is 2950. The van der Waals surface area contributed by atoms with Gasteiger partial charge in [0, 0.05) is 52.2 Å². The molecular weight excluding hydrogens is 1230 g/mol. The predicted octanol–water partition coefficient (Wildman–Crippen LogP) is 21.3. The van der Waals surface area contributed by atoms with Gasteiger partial charge in [-0.25, -0.2) is 14.8 Å². The Morgan fingerprint density at radius 2 is 0.923 bits per heavy atom. The molecule has 504 valence electrons. The highest BCUT2D eigenvalue weighted by molar-refractivity contribution is 7.17. The first-order valence-corrected chi connectivity index (χ1v) is 35.6. The standard InChI is InChI=1S/C40H61ClN6O4S.C29H44ClN5O3S/c1-9-15-18-29(12-4)25-47(26-30(13-5)19-16-10-2)35-22-33(43-28(7)48)34(23-36(35)50-8)45-46-40-44-38(41)37(52-40)21-32(24-42)39(49)51-27-31(14-6)20-17-11-3;1-7-11-13-21(9-3)17-35(18-22(10-4)14-12-8-2)25-15-23(31-20(5)37)24(16-26(25)38-6)33-34-29-32-28(30)27(19-36)39-29/h21-23,29-31H,9-20,25-27H2,1-8H3,(H,43,48);15-16,19,21-22H,7-14,17-18H2,1-6H3,(H,31,37)/b32-21+,46-45?;. The van der Waals surface area contributed by atoms with Gasteiger partial charge in [0.15, 0.2) is 11.4 Å². The number of hydrogen-bond acceptors (Lipinski definition) is 18. The molecule has 2 heterocycles. The van der Waals surface area contributed by atoms with Crippen molar-refractivity contribution in [1.29, 1.82) is 5.26 Å². The van der Waals surface area contributed by atoms with Crippen molar-refractivity contribution < 1.29 is 33.4 Å². The summed E-state index contributed by atoms with van der Waals surface area (Å²) >= 11 is 14.5. The molecule has 0 radical (unpaired) electrons. The lowest BCUT2D eigenvalue weighted by Gasteiger charge is -2.34. The highest BCUT2D eigenvalue weighted by Gasteiger charge is 2.26. The minimum Gasteiger partial charge on any atom is -0.494 e. The molecule has 2 aromatic heterocycles. The van der Waals surface area contributed by atoms with Crippen molar-refractivity contribution in [1.82, 2.24) is 9.97 Å². The predicted molar refractivity (Wildman–Crippen MR) is 378 cm³/mol. The molecule has 2 N–H and O–H groups in total. The number of unbranched alkanes of at least 4 members (excludes halogenated alkanes) is 5. The van der Waals surface area contributed by atoms with Crippen LogP contribution in [0.1, 0.15) is 226 Å². The van der Waals surface area contributed by atoms with Crippen LogP contribution in [0.5, 0.6) is 11.5 Å². The first-order valence-electron chi connectivity index (χ1n) is 33.3. The van der Waals surface area contributed by atoms with E-state index in [0.717, 1.165) is 137 Å². The fraction of sp³-hybridized carbons (Fsp3) is 0.638. The van der Waals surface area contributed by atoms with Crippen molar-refractivity contribution in [2.75, 3.05) is 67.4 Å². The maximum Gasteiger partial charge on any atom is 0.348 e. The number of nitrogens with zero attached hydrogens (tertiary/aromatic N) is 9. The van der Waals surface area contributed by atoms with Crippen LogP contribution in [0.2, 0.25) is 10.3 Å². The van der Waals surface area contributed by atoms with Crippen LogP contribution in [-0.4, -0.2) is 81.0 Å². The van der Waals surface area contributed by atoms with Gasteiger partial charge in [-0.1, -0.05) is 211 Å². The van der Waals surface area contributed by atoms with Gasteiger partial charge >= 0.3 is 5.97 Å². The molecular formula is C69H105Cl2N11O7S2. The lowest BCUT2D eigenvalue weighted by molar-refractivity contribution is -0.140. The molecule has 18 nitrogen and oxygen atoms in total. The number of amides is 2. The molecule has 2 amide bonds. The van der Waals surface area contributed by atoms with Gasteiger partial charge in [0.25, 0.3) is 0 Å². The Labute approximate surface area is 562 Å². The smallest absolute Gasteiger partial charge is 0.348 e. The molecule has 2 aromatic carbocycles. The minimum absolute atomic E-state index is 0.0848. The van der Waals surface area contributed by atoms with E-state index < -0.39 is 5.97 Å². The number of thiazole rings is 2. The van der Waals surface area contributed by atoms with Crippen LogP contribution in [0.25, 0.3) is 6.08 Å². The maximum atomic E-state index is 12.7. The topological polar surface area (TPSA) is 226 Å². The molecule has 4 aromatic rings. The van der Waals surface area contributed by atoms with E-state index in [1.807, 2.05) is 18.2 Å². The third kappa shape index (κ3) is 27.6. The Balaban J connectivity index is 0.000000495. The average Bonchev–Trinajstić information content (AvgIpc) is 2.71. The molecule has 0 aliphatic heterocycles. The highest BCUT2D eigenvalue weighted by Crippen LogP contribution is 2.44. The summed E-state index contributed by atoms with van der Waals surface area (Å²) < 4.78 is 17.3. The molecule has 0 fully saturated rings. The number of aromatic nitrogens is 2. The van der Waals surface area contributed by atoms with Crippen LogP contribution in [0.15, 0.2) is 50.3 Å². The number of benzene rings is 2. The lowest BCUT2D eigenvalue weighted by atomic mass is 9.95. The molecule has 0 aliphatic carbocycles. The van der Waals surface area contributed by atoms with Crippen molar-refractivity contribution in [2.24, 2.45) is 50.0 Å². The van der Waals surface area contributed by atoms with Crippen LogP contribution in [0, 0.1) is 40.9 Å². The van der Waals surface area contributed by atoms with Crippen molar-refractivity contribution >= 4 is 120 Å².